The van der Waals surface area contributed by atoms with E-state index in [1.807, 2.05) is 20.8 Å². The van der Waals surface area contributed by atoms with Crippen LogP contribution in [0.25, 0.3) is 0 Å². The predicted octanol–water partition coefficient (Wildman–Crippen LogP) is 1.50. The Hall–Kier alpha value is -1.06. The van der Waals surface area contributed by atoms with Crippen molar-refractivity contribution in [3.05, 3.63) is 0 Å². The summed E-state index contributed by atoms with van der Waals surface area (Å²) in [6.07, 6.45) is 1.56. The highest BCUT2D eigenvalue weighted by Crippen LogP contribution is 2.28. The van der Waals surface area contributed by atoms with Gasteiger partial charge in [0.15, 0.2) is 0 Å². The molecule has 1 rings (SSSR count). The highest BCUT2D eigenvalue weighted by atomic mass is 16.4. The van der Waals surface area contributed by atoms with Crippen molar-refractivity contribution >= 4 is 11.9 Å². The third-order valence-electron chi connectivity index (χ3n) is 3.07. The van der Waals surface area contributed by atoms with Gasteiger partial charge in [0.25, 0.3) is 0 Å². The van der Waals surface area contributed by atoms with Gasteiger partial charge in [-0.05, 0) is 26.7 Å². The van der Waals surface area contributed by atoms with Crippen molar-refractivity contribution in [1.29, 1.82) is 0 Å². The molecule has 1 aliphatic heterocycles. The van der Waals surface area contributed by atoms with Crippen LogP contribution in [-0.2, 0) is 9.59 Å². The van der Waals surface area contributed by atoms with E-state index in [1.54, 1.807) is 4.90 Å². The number of rotatable bonds is 3. The highest BCUT2D eigenvalue weighted by molar-refractivity contribution is 5.81. The maximum absolute atomic E-state index is 11.7. The van der Waals surface area contributed by atoms with E-state index >= 15 is 0 Å². The minimum Gasteiger partial charge on any atom is -0.481 e. The molecule has 0 aromatic carbocycles. The van der Waals surface area contributed by atoms with Gasteiger partial charge in [-0.3, -0.25) is 9.59 Å². The van der Waals surface area contributed by atoms with Crippen molar-refractivity contribution in [2.75, 3.05) is 0 Å². The molecule has 0 aromatic heterocycles. The zero-order chi connectivity index (χ0) is 11.6. The van der Waals surface area contributed by atoms with Gasteiger partial charge in [-0.2, -0.15) is 0 Å². The molecule has 0 aliphatic carbocycles. The highest BCUT2D eigenvalue weighted by Gasteiger charge is 2.39. The molecule has 0 unspecified atom stereocenters. The maximum atomic E-state index is 11.7. The van der Waals surface area contributed by atoms with Crippen LogP contribution in [0.2, 0.25) is 0 Å². The van der Waals surface area contributed by atoms with Crippen LogP contribution in [0.15, 0.2) is 0 Å². The molecule has 1 aliphatic rings. The fraction of sp³-hybridized carbons (Fsp3) is 0.818. The van der Waals surface area contributed by atoms with Crippen LogP contribution in [0.4, 0.5) is 0 Å². The lowest BCUT2D eigenvalue weighted by atomic mass is 9.86. The standard InChI is InChI=1S/C11H19NO3/c1-4-9-8(11(14)15)5-6-10(13)12(9)7(2)3/h7-9H,4-6H2,1-3H3,(H,14,15)/t8-,9+/m1/s1. The molecule has 15 heavy (non-hydrogen) atoms. The first kappa shape index (κ1) is 12.0. The molecule has 1 fully saturated rings. The molecule has 1 amide bonds. The monoisotopic (exact) mass is 213 g/mol. The second kappa shape index (κ2) is 4.64. The summed E-state index contributed by atoms with van der Waals surface area (Å²) < 4.78 is 0. The molecular weight excluding hydrogens is 194 g/mol. The first-order valence-corrected chi connectivity index (χ1v) is 5.53. The molecule has 86 valence electrons. The van der Waals surface area contributed by atoms with Crippen LogP contribution in [0.5, 0.6) is 0 Å². The van der Waals surface area contributed by atoms with Crippen molar-refractivity contribution in [2.24, 2.45) is 5.92 Å². The lowest BCUT2D eigenvalue weighted by Gasteiger charge is -2.41. The minimum atomic E-state index is -0.778. The lowest BCUT2D eigenvalue weighted by molar-refractivity contribution is -0.153. The van der Waals surface area contributed by atoms with E-state index in [9.17, 15) is 9.59 Å². The summed E-state index contributed by atoms with van der Waals surface area (Å²) in [4.78, 5) is 24.5. The lowest BCUT2D eigenvalue weighted by Crippen LogP contribution is -2.53. The Morgan fingerprint density at radius 2 is 2.20 bits per heavy atom. The zero-order valence-corrected chi connectivity index (χ0v) is 9.56. The summed E-state index contributed by atoms with van der Waals surface area (Å²) in [6.45, 7) is 5.81. The van der Waals surface area contributed by atoms with E-state index < -0.39 is 11.9 Å². The quantitative estimate of drug-likeness (QED) is 0.772. The average molecular weight is 213 g/mol. The van der Waals surface area contributed by atoms with Gasteiger partial charge < -0.3 is 10.0 Å². The van der Waals surface area contributed by atoms with E-state index in [2.05, 4.69) is 0 Å². The van der Waals surface area contributed by atoms with Crippen molar-refractivity contribution in [3.63, 3.8) is 0 Å². The Morgan fingerprint density at radius 1 is 1.60 bits per heavy atom. The van der Waals surface area contributed by atoms with Crippen molar-refractivity contribution in [1.82, 2.24) is 4.90 Å². The van der Waals surface area contributed by atoms with Gasteiger partial charge in [0, 0.05) is 18.5 Å². The second-order valence-electron chi connectivity index (χ2n) is 4.35. The molecule has 1 saturated heterocycles. The number of amides is 1. The van der Waals surface area contributed by atoms with Gasteiger partial charge in [0.05, 0.1) is 5.92 Å². The van der Waals surface area contributed by atoms with Gasteiger partial charge >= 0.3 is 5.97 Å². The Kier molecular flexibility index (Phi) is 3.72. The molecule has 4 heteroatoms. The number of carbonyl (C=O) groups excluding carboxylic acids is 1. The predicted molar refractivity (Wildman–Crippen MR) is 56.4 cm³/mol. The molecule has 4 nitrogen and oxygen atoms in total. The van der Waals surface area contributed by atoms with Crippen molar-refractivity contribution < 1.29 is 14.7 Å². The largest absolute Gasteiger partial charge is 0.481 e. The topological polar surface area (TPSA) is 57.6 Å². The van der Waals surface area contributed by atoms with Crippen LogP contribution >= 0.6 is 0 Å². The second-order valence-corrected chi connectivity index (χ2v) is 4.35. The SMILES string of the molecule is CC[C@H]1[C@H](C(=O)O)CCC(=O)N1C(C)C. The van der Waals surface area contributed by atoms with Crippen LogP contribution in [0.3, 0.4) is 0 Å². The number of piperidine rings is 1. The summed E-state index contributed by atoms with van der Waals surface area (Å²) in [6, 6.07) is -0.0478. The smallest absolute Gasteiger partial charge is 0.308 e. The molecular formula is C11H19NO3. The van der Waals surface area contributed by atoms with Crippen molar-refractivity contribution in [3.8, 4) is 0 Å². The summed E-state index contributed by atoms with van der Waals surface area (Å²) in [7, 11) is 0. The molecule has 0 bridgehead atoms. The van der Waals surface area contributed by atoms with E-state index in [-0.39, 0.29) is 18.0 Å². The van der Waals surface area contributed by atoms with Gasteiger partial charge in [0.2, 0.25) is 5.91 Å². The average Bonchev–Trinajstić information content (AvgIpc) is 2.15. The van der Waals surface area contributed by atoms with Crippen molar-refractivity contribution in [2.45, 2.75) is 52.1 Å². The summed E-state index contributed by atoms with van der Waals surface area (Å²) in [5.41, 5.74) is 0. The number of nitrogens with zero attached hydrogens (tertiary/aromatic N) is 1. The van der Waals surface area contributed by atoms with Gasteiger partial charge in [-0.25, -0.2) is 0 Å². The summed E-state index contributed by atoms with van der Waals surface area (Å²) in [5, 5.41) is 9.09. The van der Waals surface area contributed by atoms with Gasteiger partial charge in [-0.1, -0.05) is 6.92 Å². The van der Waals surface area contributed by atoms with E-state index in [0.29, 0.717) is 19.3 Å². The van der Waals surface area contributed by atoms with E-state index in [1.165, 1.54) is 0 Å². The van der Waals surface area contributed by atoms with Crippen LogP contribution in [0.1, 0.15) is 40.0 Å². The Balaban J connectivity index is 2.90. The van der Waals surface area contributed by atoms with Gasteiger partial charge in [0.1, 0.15) is 0 Å². The molecule has 0 saturated carbocycles. The van der Waals surface area contributed by atoms with E-state index in [4.69, 9.17) is 5.11 Å². The number of likely N-dealkylation sites (tertiary alicyclic amines) is 1. The number of hydrogen-bond acceptors (Lipinski definition) is 2. The number of carboxylic acids is 1. The summed E-state index contributed by atoms with van der Waals surface area (Å²) >= 11 is 0. The maximum Gasteiger partial charge on any atom is 0.308 e. The Bertz CT molecular complexity index is 263. The van der Waals surface area contributed by atoms with Crippen LogP contribution < -0.4 is 0 Å². The first-order valence-electron chi connectivity index (χ1n) is 5.53. The number of hydrogen-bond donors (Lipinski definition) is 1. The third-order valence-corrected chi connectivity index (χ3v) is 3.07. The molecule has 0 aromatic rings. The zero-order valence-electron chi connectivity index (χ0n) is 9.56. The number of carbonyl (C=O) groups is 2. The number of carboxylic acid groups (broad SMARTS) is 1. The van der Waals surface area contributed by atoms with Crippen LogP contribution in [-0.4, -0.2) is 34.0 Å². The Labute approximate surface area is 90.3 Å². The molecule has 2 atom stereocenters. The molecule has 0 spiro atoms. The fourth-order valence-corrected chi connectivity index (χ4v) is 2.42. The molecule has 1 heterocycles. The Morgan fingerprint density at radius 3 is 2.60 bits per heavy atom. The molecule has 0 radical (unpaired) electrons. The normalized spacial score (nSPS) is 27.2. The van der Waals surface area contributed by atoms with Crippen LogP contribution in [0, 0.1) is 5.92 Å². The molecule has 1 N–H and O–H groups in total. The first-order chi connectivity index (χ1) is 6.99. The van der Waals surface area contributed by atoms with E-state index in [0.717, 1.165) is 0 Å². The third kappa shape index (κ3) is 2.30. The fourth-order valence-electron chi connectivity index (χ4n) is 2.42. The minimum absolute atomic E-state index is 0.0876. The summed E-state index contributed by atoms with van der Waals surface area (Å²) in [5.74, 6) is -1.08. The van der Waals surface area contributed by atoms with Gasteiger partial charge in [-0.15, -0.1) is 0 Å². The number of aliphatic carboxylic acids is 1.